The zero-order valence-corrected chi connectivity index (χ0v) is 16.8. The predicted octanol–water partition coefficient (Wildman–Crippen LogP) is 3.55. The molecule has 0 bridgehead atoms. The van der Waals surface area contributed by atoms with Gasteiger partial charge in [-0.3, -0.25) is 0 Å². The van der Waals surface area contributed by atoms with Gasteiger partial charge in [0.05, 0.1) is 12.0 Å². The van der Waals surface area contributed by atoms with Gasteiger partial charge < -0.3 is 19.4 Å². The summed E-state index contributed by atoms with van der Waals surface area (Å²) in [5.74, 6) is 2.21. The third kappa shape index (κ3) is 4.58. The molecule has 0 amide bonds. The highest BCUT2D eigenvalue weighted by molar-refractivity contribution is 6.07. The second-order valence-corrected chi connectivity index (χ2v) is 7.36. The number of aryl methyl sites for hydroxylation is 2. The van der Waals surface area contributed by atoms with Crippen LogP contribution < -0.4 is 5.32 Å². The zero-order valence-electron chi connectivity index (χ0n) is 16.8. The quantitative estimate of drug-likeness (QED) is 0.586. The van der Waals surface area contributed by atoms with E-state index in [4.69, 9.17) is 9.15 Å². The summed E-state index contributed by atoms with van der Waals surface area (Å²) in [7, 11) is 0. The summed E-state index contributed by atoms with van der Waals surface area (Å²) in [6, 6.07) is 0. The Morgan fingerprint density at radius 2 is 2.04 bits per heavy atom. The number of anilines is 1. The number of likely N-dealkylation sites (tertiary alicyclic amines) is 1. The van der Waals surface area contributed by atoms with Gasteiger partial charge in [-0.05, 0) is 65.6 Å². The van der Waals surface area contributed by atoms with Crippen molar-refractivity contribution in [3.05, 3.63) is 17.1 Å². The molecule has 3 heterocycles. The lowest BCUT2D eigenvalue weighted by molar-refractivity contribution is 0.0526. The molecule has 0 radical (unpaired) electrons. The van der Waals surface area contributed by atoms with Crippen LogP contribution in [0.2, 0.25) is 0 Å². The van der Waals surface area contributed by atoms with E-state index in [1.165, 1.54) is 25.9 Å². The van der Waals surface area contributed by atoms with Crippen LogP contribution >= 0.6 is 0 Å². The van der Waals surface area contributed by atoms with E-state index in [0.717, 1.165) is 25.4 Å². The number of esters is 1. The van der Waals surface area contributed by atoms with Crippen molar-refractivity contribution in [2.24, 2.45) is 5.92 Å². The molecule has 0 atom stereocenters. The number of carbonyl (C=O) groups excluding carboxylic acids is 1. The molecule has 1 aliphatic rings. The number of aromatic nitrogens is 2. The summed E-state index contributed by atoms with van der Waals surface area (Å²) in [6.07, 6.45) is 3.59. The standard InChI is InChI=1S/C20H30N4O3/c1-5-26-20(25)16-14(3)27-19-17(16)18(22-15(4)23-19)21-9-6-10-24-11-7-13(2)8-12-24/h13H,5-12H2,1-4H3,(H,21,22,23). The first-order valence-electron chi connectivity index (χ1n) is 9.90. The van der Waals surface area contributed by atoms with Crippen LogP contribution in [0, 0.1) is 19.8 Å². The van der Waals surface area contributed by atoms with Crippen LogP contribution in [-0.2, 0) is 4.74 Å². The second kappa shape index (κ2) is 8.69. The Morgan fingerprint density at radius 1 is 1.30 bits per heavy atom. The van der Waals surface area contributed by atoms with Crippen LogP contribution in [0.25, 0.3) is 11.1 Å². The average Bonchev–Trinajstić information content (AvgIpc) is 2.96. The van der Waals surface area contributed by atoms with Crippen molar-refractivity contribution in [1.82, 2.24) is 14.9 Å². The van der Waals surface area contributed by atoms with Gasteiger partial charge in [0.25, 0.3) is 0 Å². The van der Waals surface area contributed by atoms with Gasteiger partial charge >= 0.3 is 5.97 Å². The first-order valence-corrected chi connectivity index (χ1v) is 9.90. The Kier molecular flexibility index (Phi) is 6.31. The number of carbonyl (C=O) groups is 1. The number of fused-ring (bicyclic) bond motifs is 1. The number of nitrogens with one attached hydrogen (secondary N) is 1. The third-order valence-corrected chi connectivity index (χ3v) is 5.14. The second-order valence-electron chi connectivity index (χ2n) is 7.36. The molecule has 27 heavy (non-hydrogen) atoms. The molecule has 1 saturated heterocycles. The van der Waals surface area contributed by atoms with Crippen molar-refractivity contribution < 1.29 is 13.9 Å². The minimum absolute atomic E-state index is 0.314. The van der Waals surface area contributed by atoms with Crippen molar-refractivity contribution >= 4 is 22.9 Å². The smallest absolute Gasteiger partial charge is 0.342 e. The fourth-order valence-corrected chi connectivity index (χ4v) is 3.59. The first-order chi connectivity index (χ1) is 13.0. The Balaban J connectivity index is 1.70. The van der Waals surface area contributed by atoms with Gasteiger partial charge in [0, 0.05) is 6.54 Å². The molecule has 2 aromatic rings. The summed E-state index contributed by atoms with van der Waals surface area (Å²) in [5, 5.41) is 4.00. The van der Waals surface area contributed by atoms with Crippen LogP contribution in [0.4, 0.5) is 5.82 Å². The molecule has 7 nitrogen and oxygen atoms in total. The molecule has 2 aromatic heterocycles. The maximum atomic E-state index is 12.4. The summed E-state index contributed by atoms with van der Waals surface area (Å²) < 4.78 is 10.9. The van der Waals surface area contributed by atoms with Gasteiger partial charge in [-0.15, -0.1) is 0 Å². The number of piperidine rings is 1. The van der Waals surface area contributed by atoms with E-state index in [1.807, 2.05) is 6.92 Å². The summed E-state index contributed by atoms with van der Waals surface area (Å²) in [4.78, 5) is 23.7. The van der Waals surface area contributed by atoms with Gasteiger partial charge in [0.1, 0.15) is 23.0 Å². The van der Waals surface area contributed by atoms with Crippen molar-refractivity contribution in [2.75, 3.05) is 38.1 Å². The molecule has 0 spiro atoms. The van der Waals surface area contributed by atoms with Gasteiger partial charge in [-0.25, -0.2) is 9.78 Å². The fraction of sp³-hybridized carbons (Fsp3) is 0.650. The Morgan fingerprint density at radius 3 is 2.74 bits per heavy atom. The monoisotopic (exact) mass is 374 g/mol. The number of ether oxygens (including phenoxy) is 1. The highest BCUT2D eigenvalue weighted by Gasteiger charge is 2.24. The molecular formula is C20H30N4O3. The molecule has 7 heteroatoms. The highest BCUT2D eigenvalue weighted by atomic mass is 16.5. The van der Waals surface area contributed by atoms with Crippen LogP contribution in [0.15, 0.2) is 4.42 Å². The Labute approximate surface area is 160 Å². The van der Waals surface area contributed by atoms with Gasteiger partial charge in [0.15, 0.2) is 0 Å². The SMILES string of the molecule is CCOC(=O)c1c(C)oc2nc(C)nc(NCCCN3CCC(C)CC3)c12. The van der Waals surface area contributed by atoms with E-state index >= 15 is 0 Å². The molecule has 0 unspecified atom stereocenters. The van der Waals surface area contributed by atoms with Crippen molar-refractivity contribution in [3.63, 3.8) is 0 Å². The molecule has 1 aliphatic heterocycles. The number of hydrogen-bond acceptors (Lipinski definition) is 7. The number of hydrogen-bond donors (Lipinski definition) is 1. The van der Waals surface area contributed by atoms with E-state index in [2.05, 4.69) is 27.1 Å². The van der Waals surface area contributed by atoms with E-state index in [9.17, 15) is 4.79 Å². The van der Waals surface area contributed by atoms with E-state index in [0.29, 0.717) is 40.7 Å². The Bertz CT molecular complexity index is 794. The topological polar surface area (TPSA) is 80.5 Å². The third-order valence-electron chi connectivity index (χ3n) is 5.14. The summed E-state index contributed by atoms with van der Waals surface area (Å²) in [6.45, 7) is 12.2. The molecule has 3 rings (SSSR count). The minimum atomic E-state index is -0.397. The maximum Gasteiger partial charge on any atom is 0.342 e. The lowest BCUT2D eigenvalue weighted by atomic mass is 9.99. The predicted molar refractivity (Wildman–Crippen MR) is 105 cm³/mol. The largest absolute Gasteiger partial charge is 0.462 e. The number of furan rings is 1. The lowest BCUT2D eigenvalue weighted by Gasteiger charge is -2.30. The molecule has 1 N–H and O–H groups in total. The van der Waals surface area contributed by atoms with Crippen molar-refractivity contribution in [2.45, 2.75) is 47.0 Å². The van der Waals surface area contributed by atoms with E-state index in [1.54, 1.807) is 13.8 Å². The molecular weight excluding hydrogens is 344 g/mol. The van der Waals surface area contributed by atoms with E-state index in [-0.39, 0.29) is 0 Å². The lowest BCUT2D eigenvalue weighted by Crippen LogP contribution is -2.34. The van der Waals surface area contributed by atoms with Crippen molar-refractivity contribution in [1.29, 1.82) is 0 Å². The van der Waals surface area contributed by atoms with Crippen LogP contribution in [0.5, 0.6) is 0 Å². The summed E-state index contributed by atoms with van der Waals surface area (Å²) in [5.41, 5.74) is 0.843. The first kappa shape index (κ1) is 19.6. The molecule has 1 fully saturated rings. The normalized spacial score (nSPS) is 16.0. The Hall–Kier alpha value is -2.15. The number of nitrogens with zero attached hydrogens (tertiary/aromatic N) is 3. The average molecular weight is 374 g/mol. The molecule has 0 saturated carbocycles. The van der Waals surface area contributed by atoms with Gasteiger partial charge in [0.2, 0.25) is 5.71 Å². The number of rotatable bonds is 7. The van der Waals surface area contributed by atoms with E-state index < -0.39 is 5.97 Å². The minimum Gasteiger partial charge on any atom is -0.462 e. The van der Waals surface area contributed by atoms with Crippen LogP contribution in [-0.4, -0.2) is 53.6 Å². The van der Waals surface area contributed by atoms with Crippen LogP contribution in [0.1, 0.15) is 55.1 Å². The zero-order chi connectivity index (χ0) is 19.4. The molecule has 0 aliphatic carbocycles. The van der Waals surface area contributed by atoms with Crippen LogP contribution in [0.3, 0.4) is 0 Å². The summed E-state index contributed by atoms with van der Waals surface area (Å²) >= 11 is 0. The fourth-order valence-electron chi connectivity index (χ4n) is 3.59. The highest BCUT2D eigenvalue weighted by Crippen LogP contribution is 2.30. The van der Waals surface area contributed by atoms with Crippen molar-refractivity contribution in [3.8, 4) is 0 Å². The van der Waals surface area contributed by atoms with Gasteiger partial charge in [-0.1, -0.05) is 6.92 Å². The van der Waals surface area contributed by atoms with Gasteiger partial charge in [-0.2, -0.15) is 4.98 Å². The molecule has 148 valence electrons. The molecule has 0 aromatic carbocycles. The maximum absolute atomic E-state index is 12.4.